The van der Waals surface area contributed by atoms with Gasteiger partial charge < -0.3 is 25.0 Å². The van der Waals surface area contributed by atoms with Crippen molar-refractivity contribution in [3.8, 4) is 0 Å². The van der Waals surface area contributed by atoms with Gasteiger partial charge in [0.15, 0.2) is 0 Å². The SMILES string of the molecule is COC(=O)CNC(=O)C(c1ccccc1)N(C)C(=O)CNC(=O)OC(C)(C)C. The van der Waals surface area contributed by atoms with E-state index >= 15 is 0 Å². The smallest absolute Gasteiger partial charge is 0.408 e. The van der Waals surface area contributed by atoms with Crippen LogP contribution in [0.5, 0.6) is 0 Å². The Hall–Kier alpha value is -3.10. The molecule has 0 aliphatic rings. The summed E-state index contributed by atoms with van der Waals surface area (Å²) in [7, 11) is 2.65. The van der Waals surface area contributed by atoms with Gasteiger partial charge in [0.2, 0.25) is 11.8 Å². The molecule has 0 saturated heterocycles. The van der Waals surface area contributed by atoms with Crippen molar-refractivity contribution in [2.24, 2.45) is 0 Å². The first-order chi connectivity index (χ1) is 13.0. The molecule has 28 heavy (non-hydrogen) atoms. The summed E-state index contributed by atoms with van der Waals surface area (Å²) in [6.07, 6.45) is -0.736. The fourth-order valence-electron chi connectivity index (χ4n) is 2.24. The summed E-state index contributed by atoms with van der Waals surface area (Å²) < 4.78 is 9.59. The van der Waals surface area contributed by atoms with Crippen LogP contribution in [0.3, 0.4) is 0 Å². The first-order valence-corrected chi connectivity index (χ1v) is 8.67. The second-order valence-corrected chi connectivity index (χ2v) is 6.97. The van der Waals surface area contributed by atoms with Crippen molar-refractivity contribution in [3.05, 3.63) is 35.9 Å². The number of amides is 3. The van der Waals surface area contributed by atoms with E-state index in [-0.39, 0.29) is 13.1 Å². The molecular weight excluding hydrogens is 366 g/mol. The maximum absolute atomic E-state index is 12.6. The third-order valence-corrected chi connectivity index (χ3v) is 3.56. The number of carbonyl (C=O) groups excluding carboxylic acids is 4. The number of esters is 1. The highest BCUT2D eigenvalue weighted by atomic mass is 16.6. The number of methoxy groups -OCH3 is 1. The van der Waals surface area contributed by atoms with Gasteiger partial charge >= 0.3 is 12.1 Å². The largest absolute Gasteiger partial charge is 0.468 e. The minimum atomic E-state index is -0.987. The van der Waals surface area contributed by atoms with E-state index in [4.69, 9.17) is 4.74 Å². The Morgan fingerprint density at radius 2 is 1.64 bits per heavy atom. The van der Waals surface area contributed by atoms with Crippen LogP contribution in [-0.2, 0) is 23.9 Å². The maximum atomic E-state index is 12.6. The van der Waals surface area contributed by atoms with Crippen LogP contribution >= 0.6 is 0 Å². The van der Waals surface area contributed by atoms with E-state index in [0.29, 0.717) is 5.56 Å². The zero-order valence-corrected chi connectivity index (χ0v) is 16.8. The van der Waals surface area contributed by atoms with Gasteiger partial charge in [0, 0.05) is 7.05 Å². The second kappa shape index (κ2) is 10.3. The van der Waals surface area contributed by atoms with E-state index in [2.05, 4.69) is 15.4 Å². The molecule has 1 aromatic carbocycles. The zero-order chi connectivity index (χ0) is 21.3. The van der Waals surface area contributed by atoms with Gasteiger partial charge in [0.25, 0.3) is 0 Å². The first-order valence-electron chi connectivity index (χ1n) is 8.67. The van der Waals surface area contributed by atoms with Crippen molar-refractivity contribution < 1.29 is 28.7 Å². The van der Waals surface area contributed by atoms with Gasteiger partial charge in [-0.2, -0.15) is 0 Å². The van der Waals surface area contributed by atoms with Crippen molar-refractivity contribution in [2.75, 3.05) is 27.2 Å². The minimum Gasteiger partial charge on any atom is -0.468 e. The van der Waals surface area contributed by atoms with Crippen LogP contribution in [-0.4, -0.2) is 61.6 Å². The summed E-state index contributed by atoms with van der Waals surface area (Å²) in [6.45, 7) is 4.45. The Labute approximate surface area is 164 Å². The van der Waals surface area contributed by atoms with E-state index in [9.17, 15) is 19.2 Å². The number of carbonyl (C=O) groups is 4. The minimum absolute atomic E-state index is 0.323. The molecule has 0 aliphatic carbocycles. The summed E-state index contributed by atoms with van der Waals surface area (Å²) in [5.74, 6) is -1.67. The molecule has 0 radical (unpaired) electrons. The monoisotopic (exact) mass is 393 g/mol. The number of hydrogen-bond donors (Lipinski definition) is 2. The predicted octanol–water partition coefficient (Wildman–Crippen LogP) is 1.000. The van der Waals surface area contributed by atoms with Crippen LogP contribution in [0.25, 0.3) is 0 Å². The molecule has 3 amide bonds. The molecule has 1 rings (SSSR count). The number of likely N-dealkylation sites (N-methyl/N-ethyl adjacent to an activating group) is 1. The summed E-state index contributed by atoms with van der Waals surface area (Å²) in [4.78, 5) is 49.3. The molecule has 0 aliphatic heterocycles. The zero-order valence-electron chi connectivity index (χ0n) is 16.8. The molecule has 0 saturated carbocycles. The number of nitrogens with one attached hydrogen (secondary N) is 2. The average molecular weight is 393 g/mol. The highest BCUT2D eigenvalue weighted by Crippen LogP contribution is 2.19. The van der Waals surface area contributed by atoms with Gasteiger partial charge in [-0.15, -0.1) is 0 Å². The molecule has 0 fully saturated rings. The van der Waals surface area contributed by atoms with Crippen molar-refractivity contribution in [1.29, 1.82) is 0 Å². The van der Waals surface area contributed by atoms with E-state index in [0.717, 1.165) is 0 Å². The van der Waals surface area contributed by atoms with Crippen LogP contribution in [0, 0.1) is 0 Å². The third kappa shape index (κ3) is 7.65. The summed E-state index contributed by atoms with van der Waals surface area (Å²) in [6, 6.07) is 7.62. The maximum Gasteiger partial charge on any atom is 0.408 e. The first kappa shape index (κ1) is 22.9. The molecule has 9 nitrogen and oxygen atoms in total. The number of hydrogen-bond acceptors (Lipinski definition) is 6. The van der Waals surface area contributed by atoms with Gasteiger partial charge in [-0.05, 0) is 26.3 Å². The van der Waals surface area contributed by atoms with Crippen LogP contribution in [0.2, 0.25) is 0 Å². The number of benzene rings is 1. The molecule has 9 heteroatoms. The van der Waals surface area contributed by atoms with Crippen LogP contribution in [0.1, 0.15) is 32.4 Å². The third-order valence-electron chi connectivity index (χ3n) is 3.56. The summed E-state index contributed by atoms with van der Waals surface area (Å²) in [5.41, 5.74) is -0.141. The molecule has 0 spiro atoms. The summed E-state index contributed by atoms with van der Waals surface area (Å²) >= 11 is 0. The van der Waals surface area contributed by atoms with E-state index in [1.807, 2.05) is 0 Å². The Morgan fingerprint density at radius 1 is 1.04 bits per heavy atom. The van der Waals surface area contributed by atoms with E-state index in [1.165, 1.54) is 19.1 Å². The van der Waals surface area contributed by atoms with Crippen LogP contribution < -0.4 is 10.6 Å². The molecule has 0 heterocycles. The molecule has 1 atom stereocenters. The van der Waals surface area contributed by atoms with Gasteiger partial charge in [-0.1, -0.05) is 30.3 Å². The fraction of sp³-hybridized carbons (Fsp3) is 0.474. The van der Waals surface area contributed by atoms with Gasteiger partial charge in [-0.3, -0.25) is 14.4 Å². The Morgan fingerprint density at radius 3 is 2.18 bits per heavy atom. The Kier molecular flexibility index (Phi) is 8.43. The number of alkyl carbamates (subject to hydrolysis) is 1. The molecule has 0 bridgehead atoms. The van der Waals surface area contributed by atoms with Gasteiger partial charge in [0.1, 0.15) is 24.7 Å². The lowest BCUT2D eigenvalue weighted by molar-refractivity contribution is -0.143. The standard InChI is InChI=1S/C19H27N3O6/c1-19(2,3)28-18(26)21-11-14(23)22(4)16(13-9-7-6-8-10-13)17(25)20-12-15(24)27-5/h6-10,16H,11-12H2,1-5H3,(H,20,25)(H,21,26). The fourth-order valence-corrected chi connectivity index (χ4v) is 2.24. The Balaban J connectivity index is 2.85. The number of ether oxygens (including phenoxy) is 2. The molecule has 1 unspecified atom stereocenters. The van der Waals surface area contributed by atoms with Crippen molar-refractivity contribution in [2.45, 2.75) is 32.4 Å². The molecule has 154 valence electrons. The lowest BCUT2D eigenvalue weighted by Gasteiger charge is -2.28. The van der Waals surface area contributed by atoms with Crippen molar-refractivity contribution in [3.63, 3.8) is 0 Å². The highest BCUT2D eigenvalue weighted by molar-refractivity contribution is 5.91. The summed E-state index contributed by atoms with van der Waals surface area (Å²) in [5, 5.41) is 4.81. The van der Waals surface area contributed by atoms with Crippen molar-refractivity contribution in [1.82, 2.24) is 15.5 Å². The molecule has 2 N–H and O–H groups in total. The predicted molar refractivity (Wildman–Crippen MR) is 101 cm³/mol. The molecule has 0 aromatic heterocycles. The van der Waals surface area contributed by atoms with Crippen LogP contribution in [0.15, 0.2) is 30.3 Å². The van der Waals surface area contributed by atoms with Gasteiger partial charge in [-0.25, -0.2) is 4.79 Å². The Bertz CT molecular complexity index is 699. The van der Waals surface area contributed by atoms with E-state index in [1.54, 1.807) is 51.1 Å². The molecular formula is C19H27N3O6. The number of rotatable bonds is 7. The quantitative estimate of drug-likeness (QED) is 0.668. The lowest BCUT2D eigenvalue weighted by Crippen LogP contribution is -2.46. The van der Waals surface area contributed by atoms with Gasteiger partial charge in [0.05, 0.1) is 7.11 Å². The molecule has 1 aromatic rings. The lowest BCUT2D eigenvalue weighted by atomic mass is 10.0. The van der Waals surface area contributed by atoms with E-state index < -0.39 is 35.5 Å². The second-order valence-electron chi connectivity index (χ2n) is 6.97. The average Bonchev–Trinajstić information content (AvgIpc) is 2.63. The van der Waals surface area contributed by atoms with Crippen LogP contribution in [0.4, 0.5) is 4.79 Å². The number of nitrogens with zero attached hydrogens (tertiary/aromatic N) is 1. The normalized spacial score (nSPS) is 11.8. The topological polar surface area (TPSA) is 114 Å². The highest BCUT2D eigenvalue weighted by Gasteiger charge is 2.29. The van der Waals surface area contributed by atoms with Crippen molar-refractivity contribution >= 4 is 23.9 Å².